The van der Waals surface area contributed by atoms with Crippen molar-refractivity contribution < 1.29 is 4.74 Å². The van der Waals surface area contributed by atoms with Crippen molar-refractivity contribution in [3.05, 3.63) is 58.1 Å². The number of rotatable bonds is 4. The smallest absolute Gasteiger partial charge is 0.132 e. The number of fused-ring (bicyclic) bond motifs is 1. The van der Waals surface area contributed by atoms with Gasteiger partial charge in [-0.25, -0.2) is 0 Å². The normalized spacial score (nSPS) is 13.8. The Morgan fingerprint density at radius 2 is 1.86 bits per heavy atom. The highest BCUT2D eigenvalue weighted by Gasteiger charge is 2.12. The SMILES string of the molecule is NCCc1c(Cl)cccc1Oc1ccc2c(c1)CCCC2. The van der Waals surface area contributed by atoms with Gasteiger partial charge in [-0.1, -0.05) is 23.7 Å². The van der Waals surface area contributed by atoms with Crippen molar-refractivity contribution in [2.45, 2.75) is 32.1 Å². The van der Waals surface area contributed by atoms with E-state index in [1.807, 2.05) is 18.2 Å². The van der Waals surface area contributed by atoms with Crippen LogP contribution in [0.1, 0.15) is 29.5 Å². The van der Waals surface area contributed by atoms with Crippen molar-refractivity contribution in [2.75, 3.05) is 6.54 Å². The lowest BCUT2D eigenvalue weighted by Crippen LogP contribution is -2.05. The Hall–Kier alpha value is -1.51. The molecule has 0 amide bonds. The van der Waals surface area contributed by atoms with Crippen molar-refractivity contribution in [3.8, 4) is 11.5 Å². The van der Waals surface area contributed by atoms with Crippen molar-refractivity contribution in [3.63, 3.8) is 0 Å². The molecule has 0 heterocycles. The highest BCUT2D eigenvalue weighted by Crippen LogP contribution is 2.32. The monoisotopic (exact) mass is 301 g/mol. The lowest BCUT2D eigenvalue weighted by Gasteiger charge is -2.18. The van der Waals surface area contributed by atoms with Crippen LogP contribution < -0.4 is 10.5 Å². The highest BCUT2D eigenvalue weighted by molar-refractivity contribution is 6.31. The molecule has 2 N–H and O–H groups in total. The molecule has 21 heavy (non-hydrogen) atoms. The van der Waals surface area contributed by atoms with E-state index in [9.17, 15) is 0 Å². The Kier molecular flexibility index (Phi) is 4.47. The third-order valence-electron chi connectivity index (χ3n) is 4.02. The Labute approximate surface area is 130 Å². The maximum absolute atomic E-state index is 6.25. The molecule has 0 atom stereocenters. The topological polar surface area (TPSA) is 35.2 Å². The minimum Gasteiger partial charge on any atom is -0.457 e. The molecule has 2 aromatic rings. The van der Waals surface area contributed by atoms with E-state index < -0.39 is 0 Å². The van der Waals surface area contributed by atoms with Gasteiger partial charge in [-0.3, -0.25) is 0 Å². The first-order valence-electron chi connectivity index (χ1n) is 7.55. The summed E-state index contributed by atoms with van der Waals surface area (Å²) in [4.78, 5) is 0. The minimum absolute atomic E-state index is 0.560. The van der Waals surface area contributed by atoms with E-state index in [1.54, 1.807) is 0 Å². The van der Waals surface area contributed by atoms with E-state index in [-0.39, 0.29) is 0 Å². The summed E-state index contributed by atoms with van der Waals surface area (Å²) in [5.41, 5.74) is 9.53. The van der Waals surface area contributed by atoms with E-state index >= 15 is 0 Å². The van der Waals surface area contributed by atoms with Gasteiger partial charge < -0.3 is 10.5 Å². The minimum atomic E-state index is 0.560. The molecule has 1 aliphatic carbocycles. The van der Waals surface area contributed by atoms with Crippen LogP contribution in [0.3, 0.4) is 0 Å². The molecule has 3 rings (SSSR count). The van der Waals surface area contributed by atoms with Crippen molar-refractivity contribution in [1.29, 1.82) is 0 Å². The molecule has 110 valence electrons. The molecule has 0 aromatic heterocycles. The highest BCUT2D eigenvalue weighted by atomic mass is 35.5. The summed E-state index contributed by atoms with van der Waals surface area (Å²) in [7, 11) is 0. The van der Waals surface area contributed by atoms with E-state index in [0.717, 1.165) is 34.9 Å². The zero-order valence-corrected chi connectivity index (χ0v) is 12.8. The Bertz CT molecular complexity index is 639. The lowest BCUT2D eigenvalue weighted by atomic mass is 9.92. The van der Waals surface area contributed by atoms with Crippen LogP contribution in [-0.4, -0.2) is 6.54 Å². The zero-order chi connectivity index (χ0) is 14.7. The third-order valence-corrected chi connectivity index (χ3v) is 4.37. The summed E-state index contributed by atoms with van der Waals surface area (Å²) in [5.74, 6) is 1.69. The van der Waals surface area contributed by atoms with Gasteiger partial charge in [0.1, 0.15) is 11.5 Å². The summed E-state index contributed by atoms with van der Waals surface area (Å²) in [5, 5.41) is 0.718. The number of nitrogens with two attached hydrogens (primary N) is 1. The number of halogens is 1. The second kappa shape index (κ2) is 6.50. The molecule has 0 spiro atoms. The molecule has 0 saturated heterocycles. The van der Waals surface area contributed by atoms with Gasteiger partial charge in [0.2, 0.25) is 0 Å². The third kappa shape index (κ3) is 3.22. The van der Waals surface area contributed by atoms with Crippen molar-refractivity contribution in [2.24, 2.45) is 5.73 Å². The second-order valence-electron chi connectivity index (χ2n) is 5.49. The van der Waals surface area contributed by atoms with Crippen LogP contribution in [0.25, 0.3) is 0 Å². The average Bonchev–Trinajstić information content (AvgIpc) is 2.51. The van der Waals surface area contributed by atoms with Gasteiger partial charge in [0.05, 0.1) is 0 Å². The van der Waals surface area contributed by atoms with Gasteiger partial charge in [-0.2, -0.15) is 0 Å². The van der Waals surface area contributed by atoms with Crippen molar-refractivity contribution in [1.82, 2.24) is 0 Å². The molecule has 1 aliphatic rings. The van der Waals surface area contributed by atoms with Crippen LogP contribution in [0.15, 0.2) is 36.4 Å². The van der Waals surface area contributed by atoms with E-state index in [2.05, 4.69) is 18.2 Å². The number of ether oxygens (including phenoxy) is 1. The van der Waals surface area contributed by atoms with Crippen LogP contribution >= 0.6 is 11.6 Å². The maximum atomic E-state index is 6.25. The summed E-state index contributed by atoms with van der Waals surface area (Å²) in [6.07, 6.45) is 5.62. The Morgan fingerprint density at radius 1 is 1.05 bits per heavy atom. The quantitative estimate of drug-likeness (QED) is 0.901. The summed E-state index contributed by atoms with van der Waals surface area (Å²) in [6, 6.07) is 12.2. The fourth-order valence-corrected chi connectivity index (χ4v) is 3.18. The number of aryl methyl sites for hydroxylation is 2. The molecule has 2 aromatic carbocycles. The first-order chi connectivity index (χ1) is 10.3. The summed E-state index contributed by atoms with van der Waals surface area (Å²) in [6.45, 7) is 0.560. The fraction of sp³-hybridized carbons (Fsp3) is 0.333. The summed E-state index contributed by atoms with van der Waals surface area (Å²) < 4.78 is 6.07. The number of hydrogen-bond donors (Lipinski definition) is 1. The van der Waals surface area contributed by atoms with Gasteiger partial charge in [0, 0.05) is 10.6 Å². The van der Waals surface area contributed by atoms with E-state index in [0.29, 0.717) is 6.54 Å². The van der Waals surface area contributed by atoms with E-state index in [1.165, 1.54) is 30.4 Å². The van der Waals surface area contributed by atoms with Gasteiger partial charge in [0.15, 0.2) is 0 Å². The standard InChI is InChI=1S/C18H20ClNO/c19-17-6-3-7-18(16(17)10-11-20)21-15-9-8-13-4-1-2-5-14(13)12-15/h3,6-9,12H,1-2,4-5,10-11,20H2. The second-order valence-corrected chi connectivity index (χ2v) is 5.90. The molecule has 0 fully saturated rings. The zero-order valence-electron chi connectivity index (χ0n) is 12.1. The average molecular weight is 302 g/mol. The maximum Gasteiger partial charge on any atom is 0.132 e. The first-order valence-corrected chi connectivity index (χ1v) is 7.93. The van der Waals surface area contributed by atoms with Crippen molar-refractivity contribution >= 4 is 11.6 Å². The molecule has 0 unspecified atom stereocenters. The molecule has 0 saturated carbocycles. The van der Waals surface area contributed by atoms with Gasteiger partial charge in [-0.05, 0) is 74.0 Å². The molecular weight excluding hydrogens is 282 g/mol. The molecule has 2 nitrogen and oxygen atoms in total. The predicted molar refractivity (Wildman–Crippen MR) is 87.4 cm³/mol. The molecule has 0 bridgehead atoms. The predicted octanol–water partition coefficient (Wildman–Crippen LogP) is 4.51. The van der Waals surface area contributed by atoms with Gasteiger partial charge in [0.25, 0.3) is 0 Å². The van der Waals surface area contributed by atoms with Gasteiger partial charge in [-0.15, -0.1) is 0 Å². The fourth-order valence-electron chi connectivity index (χ4n) is 2.92. The van der Waals surface area contributed by atoms with Crippen LogP contribution in [0.4, 0.5) is 0 Å². The first kappa shape index (κ1) is 14.4. The summed E-state index contributed by atoms with van der Waals surface area (Å²) >= 11 is 6.25. The molecule has 0 radical (unpaired) electrons. The molecule has 3 heteroatoms. The lowest BCUT2D eigenvalue weighted by molar-refractivity contribution is 0.474. The number of benzene rings is 2. The Morgan fingerprint density at radius 3 is 2.67 bits per heavy atom. The molecule has 0 aliphatic heterocycles. The Balaban J connectivity index is 1.88. The number of hydrogen-bond acceptors (Lipinski definition) is 2. The van der Waals surface area contributed by atoms with Crippen LogP contribution in [0.5, 0.6) is 11.5 Å². The van der Waals surface area contributed by atoms with Gasteiger partial charge >= 0.3 is 0 Å². The van der Waals surface area contributed by atoms with Crippen LogP contribution in [-0.2, 0) is 19.3 Å². The largest absolute Gasteiger partial charge is 0.457 e. The van der Waals surface area contributed by atoms with E-state index in [4.69, 9.17) is 22.1 Å². The van der Waals surface area contributed by atoms with Crippen LogP contribution in [0.2, 0.25) is 5.02 Å². The van der Waals surface area contributed by atoms with Crippen LogP contribution in [0, 0.1) is 0 Å². The molecular formula is C18H20ClNO.